The Morgan fingerprint density at radius 2 is 1.92 bits per heavy atom. The third-order valence-corrected chi connectivity index (χ3v) is 4.37. The van der Waals surface area contributed by atoms with Gasteiger partial charge in [-0.25, -0.2) is 13.6 Å². The highest BCUT2D eigenvalue weighted by Gasteiger charge is 2.76. The van der Waals surface area contributed by atoms with Crippen LogP contribution < -0.4 is 15.0 Å². The number of para-hydroxylation sites is 1. The molecular formula is C17H22F2N2O3. The molecule has 1 aliphatic heterocycles. The van der Waals surface area contributed by atoms with Crippen molar-refractivity contribution in [2.24, 2.45) is 5.41 Å². The van der Waals surface area contributed by atoms with Crippen LogP contribution in [0.4, 0.5) is 25.0 Å². The molecular weight excluding hydrogens is 318 g/mol. The van der Waals surface area contributed by atoms with Crippen LogP contribution in [0.1, 0.15) is 27.2 Å². The highest BCUT2D eigenvalue weighted by molar-refractivity contribution is 5.89. The number of ether oxygens (including phenoxy) is 2. The molecule has 2 fully saturated rings. The fourth-order valence-corrected chi connectivity index (χ4v) is 3.08. The normalized spacial score (nSPS) is 20.3. The van der Waals surface area contributed by atoms with Gasteiger partial charge in [0.15, 0.2) is 5.75 Å². The van der Waals surface area contributed by atoms with Gasteiger partial charge in [0, 0.05) is 19.5 Å². The Labute approximate surface area is 139 Å². The van der Waals surface area contributed by atoms with E-state index in [0.717, 1.165) is 0 Å². The zero-order valence-corrected chi connectivity index (χ0v) is 14.3. The van der Waals surface area contributed by atoms with Crippen LogP contribution in [0.15, 0.2) is 18.2 Å². The topological polar surface area (TPSA) is 50.8 Å². The molecule has 0 radical (unpaired) electrons. The number of alkyl halides is 2. The maximum Gasteiger partial charge on any atom is 0.412 e. The van der Waals surface area contributed by atoms with E-state index in [2.05, 4.69) is 5.32 Å². The smallest absolute Gasteiger partial charge is 0.412 e. The van der Waals surface area contributed by atoms with Gasteiger partial charge in [0.2, 0.25) is 0 Å². The molecule has 132 valence electrons. The summed E-state index contributed by atoms with van der Waals surface area (Å²) in [7, 11) is 1.49. The minimum absolute atomic E-state index is 0.0470. The van der Waals surface area contributed by atoms with Gasteiger partial charge in [-0.2, -0.15) is 0 Å². The number of hydrogen-bond donors (Lipinski definition) is 1. The first kappa shape index (κ1) is 16.8. The van der Waals surface area contributed by atoms with Crippen LogP contribution in [0.25, 0.3) is 0 Å². The third kappa shape index (κ3) is 2.87. The lowest BCUT2D eigenvalue weighted by Crippen LogP contribution is -2.51. The van der Waals surface area contributed by atoms with Gasteiger partial charge in [0.05, 0.1) is 23.9 Å². The summed E-state index contributed by atoms with van der Waals surface area (Å²) >= 11 is 0. The minimum Gasteiger partial charge on any atom is -0.492 e. The van der Waals surface area contributed by atoms with Crippen molar-refractivity contribution in [1.82, 2.24) is 0 Å². The van der Waals surface area contributed by atoms with Crippen LogP contribution in [0.3, 0.4) is 0 Å². The molecule has 1 spiro atoms. The number of halogens is 2. The Morgan fingerprint density at radius 1 is 1.29 bits per heavy atom. The van der Waals surface area contributed by atoms with Gasteiger partial charge >= 0.3 is 6.09 Å². The summed E-state index contributed by atoms with van der Waals surface area (Å²) in [5.41, 5.74) is -0.338. The molecule has 1 heterocycles. The molecule has 0 atom stereocenters. The van der Waals surface area contributed by atoms with Crippen LogP contribution in [0, 0.1) is 5.41 Å². The summed E-state index contributed by atoms with van der Waals surface area (Å²) in [5.74, 6) is -2.11. The summed E-state index contributed by atoms with van der Waals surface area (Å²) in [5, 5.41) is 2.65. The molecule has 0 bridgehead atoms. The second-order valence-electron chi connectivity index (χ2n) is 7.50. The van der Waals surface area contributed by atoms with E-state index in [1.165, 1.54) is 7.11 Å². The number of nitrogens with zero attached hydrogens (tertiary/aromatic N) is 1. The molecule has 7 heteroatoms. The van der Waals surface area contributed by atoms with Crippen LogP contribution in [0.5, 0.6) is 5.75 Å². The van der Waals surface area contributed by atoms with Gasteiger partial charge in [-0.05, 0) is 32.9 Å². The van der Waals surface area contributed by atoms with Crippen molar-refractivity contribution >= 4 is 17.5 Å². The van der Waals surface area contributed by atoms with Gasteiger partial charge < -0.3 is 14.4 Å². The number of amides is 1. The number of rotatable bonds is 3. The van der Waals surface area contributed by atoms with Gasteiger partial charge in [0.1, 0.15) is 5.60 Å². The standard InChI is InChI=1S/C17H22F2N2O3/c1-15(2,3)24-14(22)20-11-6-5-7-12(13(11)23-4)21-9-16(10-21)8-17(16,18)19/h5-7H,8-10H2,1-4H3,(H,20,22). The molecule has 1 aliphatic carbocycles. The molecule has 0 aromatic heterocycles. The van der Waals surface area contributed by atoms with E-state index in [4.69, 9.17) is 9.47 Å². The van der Waals surface area contributed by atoms with E-state index in [1.54, 1.807) is 39.0 Å². The molecule has 0 unspecified atom stereocenters. The largest absolute Gasteiger partial charge is 0.492 e. The number of methoxy groups -OCH3 is 1. The molecule has 1 aromatic rings. The molecule has 24 heavy (non-hydrogen) atoms. The van der Waals surface area contributed by atoms with E-state index in [9.17, 15) is 13.6 Å². The number of hydrogen-bond acceptors (Lipinski definition) is 4. The van der Waals surface area contributed by atoms with Crippen LogP contribution in [-0.4, -0.2) is 37.8 Å². The monoisotopic (exact) mass is 340 g/mol. The van der Waals surface area contributed by atoms with E-state index in [1.807, 2.05) is 4.90 Å². The van der Waals surface area contributed by atoms with Gasteiger partial charge in [-0.3, -0.25) is 5.32 Å². The van der Waals surface area contributed by atoms with Gasteiger partial charge in [0.25, 0.3) is 5.92 Å². The zero-order valence-electron chi connectivity index (χ0n) is 14.3. The van der Waals surface area contributed by atoms with Crippen molar-refractivity contribution in [3.63, 3.8) is 0 Å². The number of anilines is 2. The predicted molar refractivity (Wildman–Crippen MR) is 87.1 cm³/mol. The number of carbonyl (C=O) groups excluding carboxylic acids is 1. The van der Waals surface area contributed by atoms with Crippen molar-refractivity contribution in [1.29, 1.82) is 0 Å². The molecule has 1 N–H and O–H groups in total. The lowest BCUT2D eigenvalue weighted by Gasteiger charge is -2.42. The van der Waals surface area contributed by atoms with Crippen LogP contribution in [0.2, 0.25) is 0 Å². The van der Waals surface area contributed by atoms with Gasteiger partial charge in [-0.1, -0.05) is 6.07 Å². The molecule has 1 aromatic carbocycles. The fourth-order valence-electron chi connectivity index (χ4n) is 3.08. The average Bonchev–Trinajstić information content (AvgIpc) is 2.97. The lowest BCUT2D eigenvalue weighted by atomic mass is 9.94. The molecule has 1 saturated heterocycles. The number of benzene rings is 1. The van der Waals surface area contributed by atoms with E-state index < -0.39 is 23.0 Å². The predicted octanol–water partition coefficient (Wildman–Crippen LogP) is 3.89. The first-order valence-corrected chi connectivity index (χ1v) is 7.87. The molecule has 3 rings (SSSR count). The second-order valence-corrected chi connectivity index (χ2v) is 7.50. The average molecular weight is 340 g/mol. The number of nitrogens with one attached hydrogen (secondary N) is 1. The van der Waals surface area contributed by atoms with Crippen molar-refractivity contribution < 1.29 is 23.0 Å². The third-order valence-electron chi connectivity index (χ3n) is 4.37. The second kappa shape index (κ2) is 5.22. The molecule has 1 amide bonds. The maximum atomic E-state index is 13.4. The van der Waals surface area contributed by atoms with Crippen molar-refractivity contribution in [3.8, 4) is 5.75 Å². The fraction of sp³-hybridized carbons (Fsp3) is 0.588. The highest BCUT2D eigenvalue weighted by Crippen LogP contribution is 2.66. The summed E-state index contributed by atoms with van der Waals surface area (Å²) in [6, 6.07) is 5.24. The van der Waals surface area contributed by atoms with E-state index in [-0.39, 0.29) is 6.42 Å². The summed E-state index contributed by atoms with van der Waals surface area (Å²) in [6.45, 7) is 5.92. The Kier molecular flexibility index (Phi) is 3.66. The Balaban J connectivity index is 1.74. The summed E-state index contributed by atoms with van der Waals surface area (Å²) < 4.78 is 37.4. The van der Waals surface area contributed by atoms with E-state index in [0.29, 0.717) is 30.2 Å². The first-order valence-electron chi connectivity index (χ1n) is 7.87. The Hall–Kier alpha value is -2.05. The Bertz CT molecular complexity index is 664. The summed E-state index contributed by atoms with van der Waals surface area (Å²) in [4.78, 5) is 13.8. The van der Waals surface area contributed by atoms with Crippen LogP contribution >= 0.6 is 0 Å². The molecule has 2 aliphatic rings. The SMILES string of the molecule is COc1c(NC(=O)OC(C)(C)C)cccc1N1CC2(C1)CC2(F)F. The van der Waals surface area contributed by atoms with Crippen molar-refractivity contribution in [2.75, 3.05) is 30.4 Å². The molecule has 1 saturated carbocycles. The highest BCUT2D eigenvalue weighted by atomic mass is 19.3. The summed E-state index contributed by atoms with van der Waals surface area (Å²) in [6.07, 6.45) is -0.638. The number of carbonyl (C=O) groups is 1. The maximum absolute atomic E-state index is 13.4. The minimum atomic E-state index is -2.55. The van der Waals surface area contributed by atoms with Crippen molar-refractivity contribution in [3.05, 3.63) is 18.2 Å². The van der Waals surface area contributed by atoms with Crippen molar-refractivity contribution in [2.45, 2.75) is 38.7 Å². The Morgan fingerprint density at radius 3 is 2.42 bits per heavy atom. The molecule has 5 nitrogen and oxygen atoms in total. The lowest BCUT2D eigenvalue weighted by molar-refractivity contribution is 0.0519. The van der Waals surface area contributed by atoms with Gasteiger partial charge in [-0.15, -0.1) is 0 Å². The van der Waals surface area contributed by atoms with Crippen LogP contribution in [-0.2, 0) is 4.74 Å². The quantitative estimate of drug-likeness (QED) is 0.907. The zero-order chi connectivity index (χ0) is 17.8. The first-order chi connectivity index (χ1) is 11.1. The van der Waals surface area contributed by atoms with E-state index >= 15 is 0 Å².